The molecule has 0 spiro atoms. The van der Waals surface area contributed by atoms with Crippen LogP contribution in [0, 0.1) is 0 Å². The van der Waals surface area contributed by atoms with E-state index in [0.717, 1.165) is 29.2 Å². The molecular formula is C20H26N4O2. The molecule has 0 saturated heterocycles. The number of benzene rings is 1. The van der Waals surface area contributed by atoms with Crippen LogP contribution in [0.4, 0.5) is 0 Å². The number of pyridine rings is 1. The third kappa shape index (κ3) is 4.45. The van der Waals surface area contributed by atoms with E-state index in [4.69, 9.17) is 9.47 Å². The Morgan fingerprint density at radius 2 is 2.15 bits per heavy atom. The molecule has 26 heavy (non-hydrogen) atoms. The lowest BCUT2D eigenvalue weighted by Crippen LogP contribution is -2.36. The molecule has 6 nitrogen and oxygen atoms in total. The maximum absolute atomic E-state index is 5.88. The molecule has 6 heteroatoms. The number of hydrogen-bond acceptors (Lipinski definition) is 4. The molecule has 1 atom stereocenters. The van der Waals surface area contributed by atoms with Gasteiger partial charge in [-0.3, -0.25) is 9.98 Å². The lowest BCUT2D eigenvalue weighted by molar-refractivity contribution is 0.254. The number of guanidine groups is 1. The number of aliphatic imine (C=N–C) groups is 1. The SMILES string of the molecule is CCOc1cc2c(cc1CNC(=NC)NCc1ccccn1)OC(C)C2. The molecule has 0 saturated carbocycles. The largest absolute Gasteiger partial charge is 0.494 e. The minimum atomic E-state index is 0.218. The van der Waals surface area contributed by atoms with Crippen LogP contribution in [0.3, 0.4) is 0 Å². The molecule has 0 aliphatic carbocycles. The molecule has 2 heterocycles. The molecule has 0 fully saturated rings. The standard InChI is InChI=1S/C20H26N4O2/c1-4-25-18-10-15-9-14(2)26-19(15)11-16(18)12-23-20(21-3)24-13-17-7-5-6-8-22-17/h5-8,10-11,14H,4,9,12-13H2,1-3H3,(H2,21,23,24). The maximum Gasteiger partial charge on any atom is 0.191 e. The number of hydrogen-bond donors (Lipinski definition) is 2. The molecule has 138 valence electrons. The van der Waals surface area contributed by atoms with Crippen LogP contribution in [0.2, 0.25) is 0 Å². The normalized spacial score (nSPS) is 16.0. The first kappa shape index (κ1) is 18.0. The Hall–Kier alpha value is -2.76. The average molecular weight is 354 g/mol. The van der Waals surface area contributed by atoms with E-state index in [1.165, 1.54) is 5.56 Å². The van der Waals surface area contributed by atoms with E-state index >= 15 is 0 Å². The number of aromatic nitrogens is 1. The van der Waals surface area contributed by atoms with Crippen LogP contribution in [0.15, 0.2) is 41.5 Å². The van der Waals surface area contributed by atoms with Gasteiger partial charge in [0.2, 0.25) is 0 Å². The van der Waals surface area contributed by atoms with Crippen molar-refractivity contribution in [1.82, 2.24) is 15.6 Å². The fourth-order valence-corrected chi connectivity index (χ4v) is 2.99. The Labute approximate surface area is 154 Å². The smallest absolute Gasteiger partial charge is 0.191 e. The molecule has 1 unspecified atom stereocenters. The van der Waals surface area contributed by atoms with Gasteiger partial charge < -0.3 is 20.1 Å². The lowest BCUT2D eigenvalue weighted by atomic mass is 10.1. The fraction of sp³-hybridized carbons (Fsp3) is 0.400. The Kier molecular flexibility index (Phi) is 5.94. The summed E-state index contributed by atoms with van der Waals surface area (Å²) in [7, 11) is 1.75. The highest BCUT2D eigenvalue weighted by Gasteiger charge is 2.21. The van der Waals surface area contributed by atoms with Crippen LogP contribution in [0.1, 0.15) is 30.7 Å². The molecule has 1 aromatic heterocycles. The topological polar surface area (TPSA) is 67.8 Å². The van der Waals surface area contributed by atoms with Crippen molar-refractivity contribution in [2.75, 3.05) is 13.7 Å². The van der Waals surface area contributed by atoms with Crippen LogP contribution in [-0.2, 0) is 19.5 Å². The van der Waals surface area contributed by atoms with Crippen LogP contribution >= 0.6 is 0 Å². The number of nitrogens with zero attached hydrogens (tertiary/aromatic N) is 2. The van der Waals surface area contributed by atoms with E-state index in [0.29, 0.717) is 25.7 Å². The summed E-state index contributed by atoms with van der Waals surface area (Å²) >= 11 is 0. The van der Waals surface area contributed by atoms with Crippen molar-refractivity contribution in [3.63, 3.8) is 0 Å². The van der Waals surface area contributed by atoms with Gasteiger partial charge in [0, 0.05) is 37.3 Å². The van der Waals surface area contributed by atoms with Gasteiger partial charge in [-0.2, -0.15) is 0 Å². The summed E-state index contributed by atoms with van der Waals surface area (Å²) in [5.41, 5.74) is 3.23. The van der Waals surface area contributed by atoms with Crippen molar-refractivity contribution >= 4 is 5.96 Å². The van der Waals surface area contributed by atoms with Gasteiger partial charge in [-0.1, -0.05) is 6.07 Å². The minimum absolute atomic E-state index is 0.218. The maximum atomic E-state index is 5.88. The fourth-order valence-electron chi connectivity index (χ4n) is 2.99. The Morgan fingerprint density at radius 3 is 2.88 bits per heavy atom. The summed E-state index contributed by atoms with van der Waals surface area (Å²) in [5.74, 6) is 2.57. The quantitative estimate of drug-likeness (QED) is 0.617. The van der Waals surface area contributed by atoms with Crippen molar-refractivity contribution in [1.29, 1.82) is 0 Å². The van der Waals surface area contributed by atoms with Gasteiger partial charge in [0.1, 0.15) is 17.6 Å². The second-order valence-electron chi connectivity index (χ2n) is 6.23. The highest BCUT2D eigenvalue weighted by Crippen LogP contribution is 2.35. The molecule has 2 N–H and O–H groups in total. The molecule has 3 rings (SSSR count). The van der Waals surface area contributed by atoms with Crippen molar-refractivity contribution < 1.29 is 9.47 Å². The monoisotopic (exact) mass is 354 g/mol. The minimum Gasteiger partial charge on any atom is -0.494 e. The van der Waals surface area contributed by atoms with Gasteiger partial charge in [-0.25, -0.2) is 0 Å². The third-order valence-electron chi connectivity index (χ3n) is 4.21. The second kappa shape index (κ2) is 8.56. The van der Waals surface area contributed by atoms with Gasteiger partial charge in [0.05, 0.1) is 18.8 Å². The van der Waals surface area contributed by atoms with E-state index in [-0.39, 0.29) is 6.10 Å². The predicted molar refractivity (Wildman–Crippen MR) is 103 cm³/mol. The summed E-state index contributed by atoms with van der Waals surface area (Å²) in [5, 5.41) is 6.60. The van der Waals surface area contributed by atoms with Gasteiger partial charge in [-0.05, 0) is 38.1 Å². The Bertz CT molecular complexity index is 762. The first-order valence-corrected chi connectivity index (χ1v) is 8.99. The summed E-state index contributed by atoms with van der Waals surface area (Å²) in [4.78, 5) is 8.58. The number of fused-ring (bicyclic) bond motifs is 1. The molecule has 0 radical (unpaired) electrons. The zero-order valence-electron chi connectivity index (χ0n) is 15.6. The summed E-state index contributed by atoms with van der Waals surface area (Å²) in [6.45, 7) is 5.93. The average Bonchev–Trinajstić information content (AvgIpc) is 3.01. The summed E-state index contributed by atoms with van der Waals surface area (Å²) in [6, 6.07) is 10.0. The highest BCUT2D eigenvalue weighted by atomic mass is 16.5. The number of nitrogens with one attached hydrogen (secondary N) is 2. The predicted octanol–water partition coefficient (Wildman–Crippen LogP) is 2.67. The Balaban J connectivity index is 1.65. The van der Waals surface area contributed by atoms with Gasteiger partial charge in [0.25, 0.3) is 0 Å². The van der Waals surface area contributed by atoms with Gasteiger partial charge in [0.15, 0.2) is 5.96 Å². The van der Waals surface area contributed by atoms with E-state index < -0.39 is 0 Å². The number of ether oxygens (including phenoxy) is 2. The van der Waals surface area contributed by atoms with E-state index in [2.05, 4.69) is 39.7 Å². The molecule has 0 amide bonds. The molecule has 2 aromatic rings. The number of rotatable bonds is 6. The molecule has 1 aliphatic heterocycles. The Morgan fingerprint density at radius 1 is 1.31 bits per heavy atom. The molecule has 1 aromatic carbocycles. The first-order valence-electron chi connectivity index (χ1n) is 8.99. The van der Waals surface area contributed by atoms with Gasteiger partial charge >= 0.3 is 0 Å². The van der Waals surface area contributed by atoms with E-state index in [1.54, 1.807) is 13.2 Å². The van der Waals surface area contributed by atoms with Crippen molar-refractivity contribution in [2.45, 2.75) is 39.5 Å². The van der Waals surface area contributed by atoms with Crippen LogP contribution < -0.4 is 20.1 Å². The van der Waals surface area contributed by atoms with Crippen LogP contribution in [0.25, 0.3) is 0 Å². The summed E-state index contributed by atoms with van der Waals surface area (Å²) < 4.78 is 11.7. The first-order chi connectivity index (χ1) is 12.7. The zero-order chi connectivity index (χ0) is 18.4. The third-order valence-corrected chi connectivity index (χ3v) is 4.21. The van der Waals surface area contributed by atoms with E-state index in [9.17, 15) is 0 Å². The highest BCUT2D eigenvalue weighted by molar-refractivity contribution is 5.79. The van der Waals surface area contributed by atoms with Crippen molar-refractivity contribution in [3.05, 3.63) is 53.3 Å². The second-order valence-corrected chi connectivity index (χ2v) is 6.23. The molecule has 1 aliphatic rings. The summed E-state index contributed by atoms with van der Waals surface area (Å²) in [6.07, 6.45) is 2.93. The van der Waals surface area contributed by atoms with E-state index in [1.807, 2.05) is 25.1 Å². The lowest BCUT2D eigenvalue weighted by Gasteiger charge is -2.15. The van der Waals surface area contributed by atoms with Gasteiger partial charge in [-0.15, -0.1) is 0 Å². The van der Waals surface area contributed by atoms with Crippen LogP contribution in [-0.4, -0.2) is 30.7 Å². The van der Waals surface area contributed by atoms with Crippen LogP contribution in [0.5, 0.6) is 11.5 Å². The molecular weight excluding hydrogens is 328 g/mol. The van der Waals surface area contributed by atoms with Crippen molar-refractivity contribution in [3.8, 4) is 11.5 Å². The zero-order valence-corrected chi connectivity index (χ0v) is 15.6. The van der Waals surface area contributed by atoms with Crippen molar-refractivity contribution in [2.24, 2.45) is 4.99 Å². The molecule has 0 bridgehead atoms.